The second-order valence-corrected chi connectivity index (χ2v) is 8.72. The molecule has 2 rings (SSSR count). The third-order valence-electron chi connectivity index (χ3n) is 3.58. The number of halogens is 1. The van der Waals surface area contributed by atoms with Gasteiger partial charge in [-0.05, 0) is 30.2 Å². The number of rotatable bonds is 7. The number of carbonyl (C=O) groups is 1. The number of carbonyl (C=O) groups excluding carboxylic acids is 1. The first-order chi connectivity index (χ1) is 10.5. The molecule has 1 atom stereocenters. The number of nitrogens with one attached hydrogen (secondary N) is 1. The molecule has 1 aliphatic heterocycles. The van der Waals surface area contributed by atoms with E-state index in [0.717, 1.165) is 12.2 Å². The fourth-order valence-corrected chi connectivity index (χ4v) is 5.02. The van der Waals surface area contributed by atoms with Gasteiger partial charge >= 0.3 is 0 Å². The summed E-state index contributed by atoms with van der Waals surface area (Å²) in [6.45, 7) is 0.527. The van der Waals surface area contributed by atoms with Crippen molar-refractivity contribution in [2.24, 2.45) is 5.92 Å². The number of sulfone groups is 1. The normalized spacial score (nSPS) is 20.0. The van der Waals surface area contributed by atoms with Gasteiger partial charge in [-0.3, -0.25) is 4.79 Å². The van der Waals surface area contributed by atoms with E-state index < -0.39 is 15.8 Å². The Balaban J connectivity index is 1.58. The molecule has 0 spiro atoms. The number of hydrogen-bond acceptors (Lipinski definition) is 4. The third-order valence-corrected chi connectivity index (χ3v) is 6.44. The van der Waals surface area contributed by atoms with Gasteiger partial charge in [0, 0.05) is 12.3 Å². The molecule has 122 valence electrons. The van der Waals surface area contributed by atoms with Gasteiger partial charge in [-0.15, -0.1) is 0 Å². The van der Waals surface area contributed by atoms with Gasteiger partial charge in [0.1, 0.15) is 5.82 Å². The Kier molecular flexibility index (Phi) is 6.26. The number of amides is 1. The van der Waals surface area contributed by atoms with E-state index in [1.54, 1.807) is 23.9 Å². The highest BCUT2D eigenvalue weighted by Gasteiger charge is 2.32. The van der Waals surface area contributed by atoms with Crippen molar-refractivity contribution in [3.63, 3.8) is 0 Å². The van der Waals surface area contributed by atoms with Crippen molar-refractivity contribution in [3.05, 3.63) is 35.6 Å². The molecule has 1 N–H and O–H groups in total. The third kappa shape index (κ3) is 5.28. The maximum Gasteiger partial charge on any atom is 0.224 e. The molecule has 1 amide bonds. The summed E-state index contributed by atoms with van der Waals surface area (Å²) < 4.78 is 36.0. The van der Waals surface area contributed by atoms with Gasteiger partial charge in [0.05, 0.1) is 17.4 Å². The van der Waals surface area contributed by atoms with Crippen LogP contribution in [0.2, 0.25) is 0 Å². The molecule has 0 aliphatic carbocycles. The summed E-state index contributed by atoms with van der Waals surface area (Å²) in [5.41, 5.74) is 0.688. The first-order valence-electron chi connectivity index (χ1n) is 7.27. The molecule has 1 aromatic rings. The Morgan fingerprint density at radius 1 is 1.36 bits per heavy atom. The van der Waals surface area contributed by atoms with Gasteiger partial charge in [0.2, 0.25) is 5.91 Å². The summed E-state index contributed by atoms with van der Waals surface area (Å²) in [5.74, 6) is 0.769. The molecule has 0 radical (unpaired) electrons. The van der Waals surface area contributed by atoms with Gasteiger partial charge in [0.25, 0.3) is 0 Å². The molecular weight excluding hydrogens is 325 g/mol. The van der Waals surface area contributed by atoms with E-state index in [2.05, 4.69) is 5.32 Å². The lowest BCUT2D eigenvalue weighted by Gasteiger charge is -2.09. The van der Waals surface area contributed by atoms with Crippen LogP contribution in [0.4, 0.5) is 4.39 Å². The Labute approximate surface area is 134 Å². The Bertz CT molecular complexity index is 619. The second-order valence-electron chi connectivity index (χ2n) is 5.39. The molecule has 1 aliphatic rings. The topological polar surface area (TPSA) is 63.2 Å². The van der Waals surface area contributed by atoms with E-state index in [4.69, 9.17) is 0 Å². The second kappa shape index (κ2) is 7.97. The van der Waals surface area contributed by atoms with Crippen LogP contribution in [0.15, 0.2) is 24.3 Å². The molecule has 1 saturated heterocycles. The van der Waals surface area contributed by atoms with Crippen molar-refractivity contribution < 1.29 is 17.6 Å². The van der Waals surface area contributed by atoms with Crippen LogP contribution in [-0.4, -0.2) is 38.1 Å². The maximum atomic E-state index is 13.4. The minimum absolute atomic E-state index is 0.0269. The number of thioether (sulfide) groups is 1. The summed E-state index contributed by atoms with van der Waals surface area (Å²) in [4.78, 5) is 11.8. The minimum Gasteiger partial charge on any atom is -0.356 e. The SMILES string of the molecule is O=C(NCCCSCc1ccccc1F)[C@H]1CCS(=O)(=O)C1. The van der Waals surface area contributed by atoms with Gasteiger partial charge in [-0.1, -0.05) is 18.2 Å². The van der Waals surface area contributed by atoms with Crippen molar-refractivity contribution in [2.45, 2.75) is 18.6 Å². The first-order valence-corrected chi connectivity index (χ1v) is 10.2. The zero-order valence-corrected chi connectivity index (χ0v) is 13.9. The highest BCUT2D eigenvalue weighted by atomic mass is 32.2. The van der Waals surface area contributed by atoms with Crippen LogP contribution < -0.4 is 5.32 Å². The average Bonchev–Trinajstić information content (AvgIpc) is 2.84. The van der Waals surface area contributed by atoms with Crippen LogP contribution in [0.3, 0.4) is 0 Å². The maximum absolute atomic E-state index is 13.4. The van der Waals surface area contributed by atoms with Crippen LogP contribution in [0.5, 0.6) is 0 Å². The van der Waals surface area contributed by atoms with E-state index in [0.29, 0.717) is 24.3 Å². The molecule has 4 nitrogen and oxygen atoms in total. The van der Waals surface area contributed by atoms with Crippen molar-refractivity contribution >= 4 is 27.5 Å². The van der Waals surface area contributed by atoms with Gasteiger partial charge in [-0.2, -0.15) is 11.8 Å². The van der Waals surface area contributed by atoms with E-state index >= 15 is 0 Å². The van der Waals surface area contributed by atoms with Crippen LogP contribution >= 0.6 is 11.8 Å². The molecule has 1 aromatic carbocycles. The molecule has 0 bridgehead atoms. The van der Waals surface area contributed by atoms with Crippen LogP contribution in [0, 0.1) is 11.7 Å². The zero-order chi connectivity index (χ0) is 16.0. The molecule has 7 heteroatoms. The molecular formula is C15H20FNO3S2. The van der Waals surface area contributed by atoms with Crippen LogP contribution in [0.1, 0.15) is 18.4 Å². The van der Waals surface area contributed by atoms with Gasteiger partial charge in [-0.25, -0.2) is 12.8 Å². The fraction of sp³-hybridized carbons (Fsp3) is 0.533. The lowest BCUT2D eigenvalue weighted by molar-refractivity contribution is -0.124. The van der Waals surface area contributed by atoms with Crippen LogP contribution in [0.25, 0.3) is 0 Å². The molecule has 1 heterocycles. The minimum atomic E-state index is -3.01. The van der Waals surface area contributed by atoms with Crippen molar-refractivity contribution in [1.29, 1.82) is 0 Å². The zero-order valence-electron chi connectivity index (χ0n) is 12.3. The highest BCUT2D eigenvalue weighted by molar-refractivity contribution is 7.98. The van der Waals surface area contributed by atoms with E-state index in [1.165, 1.54) is 6.07 Å². The fourth-order valence-electron chi connectivity index (χ4n) is 2.33. The Morgan fingerprint density at radius 2 is 2.14 bits per heavy atom. The molecule has 1 fully saturated rings. The molecule has 0 saturated carbocycles. The Morgan fingerprint density at radius 3 is 2.82 bits per heavy atom. The average molecular weight is 345 g/mol. The van der Waals surface area contributed by atoms with E-state index in [1.807, 2.05) is 6.07 Å². The highest BCUT2D eigenvalue weighted by Crippen LogP contribution is 2.18. The monoisotopic (exact) mass is 345 g/mol. The van der Waals surface area contributed by atoms with Gasteiger partial charge < -0.3 is 5.32 Å². The number of hydrogen-bond donors (Lipinski definition) is 1. The van der Waals surface area contributed by atoms with Crippen molar-refractivity contribution in [1.82, 2.24) is 5.32 Å². The summed E-state index contributed by atoms with van der Waals surface area (Å²) in [6.07, 6.45) is 1.21. The largest absolute Gasteiger partial charge is 0.356 e. The van der Waals surface area contributed by atoms with Crippen molar-refractivity contribution in [3.8, 4) is 0 Å². The number of benzene rings is 1. The summed E-state index contributed by atoms with van der Waals surface area (Å²) in [7, 11) is -3.01. The molecule has 22 heavy (non-hydrogen) atoms. The lowest BCUT2D eigenvalue weighted by atomic mass is 10.1. The van der Waals surface area contributed by atoms with E-state index in [9.17, 15) is 17.6 Å². The Hall–Kier alpha value is -1.08. The molecule has 0 aromatic heterocycles. The van der Waals surface area contributed by atoms with Gasteiger partial charge in [0.15, 0.2) is 9.84 Å². The van der Waals surface area contributed by atoms with Crippen molar-refractivity contribution in [2.75, 3.05) is 23.8 Å². The predicted molar refractivity (Wildman–Crippen MR) is 86.9 cm³/mol. The quantitative estimate of drug-likeness (QED) is 0.768. The molecule has 0 unspecified atom stereocenters. The van der Waals surface area contributed by atoms with Crippen LogP contribution in [-0.2, 0) is 20.4 Å². The standard InChI is InChI=1S/C15H20FNO3S2/c16-14-5-2-1-4-12(14)10-21-8-3-7-17-15(18)13-6-9-22(19,20)11-13/h1-2,4-5,13H,3,6-11H2,(H,17,18)/t13-/m0/s1. The van der Waals surface area contributed by atoms with E-state index in [-0.39, 0.29) is 23.2 Å². The predicted octanol–water partition coefficient (Wildman–Crippen LogP) is 2.00. The summed E-state index contributed by atoms with van der Waals surface area (Å²) in [6, 6.07) is 6.70. The summed E-state index contributed by atoms with van der Waals surface area (Å²) >= 11 is 1.62. The smallest absolute Gasteiger partial charge is 0.224 e. The first kappa shape index (κ1) is 17.3. The lowest BCUT2D eigenvalue weighted by Crippen LogP contribution is -2.32. The summed E-state index contributed by atoms with van der Waals surface area (Å²) in [5, 5.41) is 2.78.